The number of aryl methyl sites for hydroxylation is 1. The van der Waals surface area contributed by atoms with Crippen LogP contribution >= 0.6 is 11.6 Å². The minimum absolute atomic E-state index is 0.0512. The number of ketones is 1. The molecule has 0 N–H and O–H groups in total. The summed E-state index contributed by atoms with van der Waals surface area (Å²) < 4.78 is 22.5. The first-order valence-electron chi connectivity index (χ1n) is 12.5. The molecule has 0 fully saturated rings. The predicted molar refractivity (Wildman–Crippen MR) is 150 cm³/mol. The number of nitrogens with zero attached hydrogens (tertiary/aromatic N) is 2. The van der Waals surface area contributed by atoms with Crippen LogP contribution in [0.5, 0.6) is 5.75 Å². The first-order chi connectivity index (χ1) is 19.2. The third-order valence-corrected chi connectivity index (χ3v) is 6.72. The molecule has 1 unspecified atom stereocenters. The molecule has 10 heteroatoms. The lowest BCUT2D eigenvalue weighted by Gasteiger charge is -2.21. The van der Waals surface area contributed by atoms with Crippen molar-refractivity contribution in [1.29, 1.82) is 0 Å². The Labute approximate surface area is 236 Å². The Morgan fingerprint density at radius 1 is 1.00 bits per heavy atom. The lowest BCUT2D eigenvalue weighted by Crippen LogP contribution is -2.31. The average Bonchev–Trinajstić information content (AvgIpc) is 3.39. The van der Waals surface area contributed by atoms with Crippen LogP contribution in [0.25, 0.3) is 22.5 Å². The van der Waals surface area contributed by atoms with Gasteiger partial charge in [0.2, 0.25) is 0 Å². The van der Waals surface area contributed by atoms with E-state index in [0.717, 1.165) is 0 Å². The molecule has 9 nitrogen and oxygen atoms in total. The van der Waals surface area contributed by atoms with Crippen LogP contribution in [0.2, 0.25) is 5.02 Å². The van der Waals surface area contributed by atoms with Crippen LogP contribution in [0.15, 0.2) is 70.1 Å². The molecule has 4 rings (SSSR count). The van der Waals surface area contributed by atoms with Gasteiger partial charge in [-0.3, -0.25) is 9.59 Å². The summed E-state index contributed by atoms with van der Waals surface area (Å²) in [7, 11) is 4.33. The molecule has 0 saturated heterocycles. The number of ether oxygens (including phenoxy) is 3. The zero-order valence-electron chi connectivity index (χ0n) is 22.6. The number of pyridine rings is 1. The van der Waals surface area contributed by atoms with Crippen LogP contribution in [0.4, 0.5) is 0 Å². The molecule has 0 bridgehead atoms. The highest BCUT2D eigenvalue weighted by Gasteiger charge is 2.25. The van der Waals surface area contributed by atoms with E-state index in [1.165, 1.54) is 38.2 Å². The molecule has 0 aliphatic carbocycles. The van der Waals surface area contributed by atoms with E-state index in [1.54, 1.807) is 48.5 Å². The molecule has 208 valence electrons. The van der Waals surface area contributed by atoms with Gasteiger partial charge in [-0.15, -0.1) is 0 Å². The van der Waals surface area contributed by atoms with E-state index in [1.807, 2.05) is 6.92 Å². The summed E-state index contributed by atoms with van der Waals surface area (Å²) in [5, 5.41) is 4.44. The first kappa shape index (κ1) is 28.8. The van der Waals surface area contributed by atoms with Gasteiger partial charge >= 0.3 is 5.97 Å². The summed E-state index contributed by atoms with van der Waals surface area (Å²) in [5.74, 6) is 0.231. The molecular formula is C30H29ClN2O7. The smallest absolute Gasteiger partial charge is 0.337 e. The molecule has 2 aromatic carbocycles. The Kier molecular flexibility index (Phi) is 9.19. The molecule has 0 saturated carbocycles. The van der Waals surface area contributed by atoms with Gasteiger partial charge in [-0.25, -0.2) is 4.79 Å². The number of hydrogen-bond acceptors (Lipinski definition) is 8. The van der Waals surface area contributed by atoms with Crippen molar-refractivity contribution in [3.63, 3.8) is 0 Å². The summed E-state index contributed by atoms with van der Waals surface area (Å²) in [4.78, 5) is 38.8. The number of carbonyl (C=O) groups is 2. The van der Waals surface area contributed by atoms with Crippen molar-refractivity contribution in [2.75, 3.05) is 27.9 Å². The summed E-state index contributed by atoms with van der Waals surface area (Å²) >= 11 is 6.33. The van der Waals surface area contributed by atoms with Gasteiger partial charge in [-0.1, -0.05) is 28.9 Å². The summed E-state index contributed by atoms with van der Waals surface area (Å²) in [6.07, 6.45) is 1.86. The zero-order valence-corrected chi connectivity index (χ0v) is 23.4. The summed E-state index contributed by atoms with van der Waals surface area (Å²) in [6.45, 7) is 2.08. The van der Waals surface area contributed by atoms with E-state index in [2.05, 4.69) is 5.16 Å². The standard InChI is InChI=1S/C30H29ClN2O7/c1-18-13-27(40-32-18)22-10-9-21(31)15-23(22)24-16-29(35)33(17-28(24)38-3)25(11-12-37-2)26(34)14-19-5-7-20(8-6-19)30(36)39-4/h5-10,13,15-17,25H,11-12,14H2,1-4H3. The molecule has 0 spiro atoms. The number of hydrogen-bond donors (Lipinski definition) is 0. The Bertz CT molecular complexity index is 1570. The largest absolute Gasteiger partial charge is 0.495 e. The molecule has 2 aromatic heterocycles. The molecule has 0 aliphatic rings. The van der Waals surface area contributed by atoms with Gasteiger partial charge < -0.3 is 23.3 Å². The van der Waals surface area contributed by atoms with Crippen LogP contribution in [0, 0.1) is 6.92 Å². The second kappa shape index (κ2) is 12.8. The normalized spacial score (nSPS) is 11.7. The van der Waals surface area contributed by atoms with Crippen molar-refractivity contribution in [1.82, 2.24) is 9.72 Å². The lowest BCUT2D eigenvalue weighted by atomic mass is 9.97. The van der Waals surface area contributed by atoms with Gasteiger partial charge in [0.15, 0.2) is 11.5 Å². The minimum atomic E-state index is -0.813. The van der Waals surface area contributed by atoms with Crippen molar-refractivity contribution in [2.24, 2.45) is 0 Å². The van der Waals surface area contributed by atoms with E-state index in [0.29, 0.717) is 50.0 Å². The van der Waals surface area contributed by atoms with Gasteiger partial charge in [0.1, 0.15) is 5.75 Å². The van der Waals surface area contributed by atoms with Gasteiger partial charge in [0.25, 0.3) is 5.56 Å². The van der Waals surface area contributed by atoms with Crippen molar-refractivity contribution >= 4 is 23.4 Å². The molecule has 0 amide bonds. The van der Waals surface area contributed by atoms with Crippen LogP contribution in [0.3, 0.4) is 0 Å². The van der Waals surface area contributed by atoms with Gasteiger partial charge in [0, 0.05) is 48.4 Å². The Hall–Kier alpha value is -4.21. The number of Topliss-reactive ketones (excluding diaryl/α,β-unsaturated/α-hetero) is 1. The highest BCUT2D eigenvalue weighted by Crippen LogP contribution is 2.38. The number of carbonyl (C=O) groups excluding carboxylic acids is 2. The third kappa shape index (κ3) is 6.32. The minimum Gasteiger partial charge on any atom is -0.495 e. The van der Waals surface area contributed by atoms with E-state index in [-0.39, 0.29) is 25.2 Å². The maximum atomic E-state index is 13.5. The van der Waals surface area contributed by atoms with Crippen LogP contribution in [0.1, 0.15) is 34.1 Å². The fourth-order valence-corrected chi connectivity index (χ4v) is 4.64. The number of halogens is 1. The van der Waals surface area contributed by atoms with E-state index in [4.69, 9.17) is 30.3 Å². The first-order valence-corrected chi connectivity index (χ1v) is 12.9. The number of methoxy groups -OCH3 is 3. The van der Waals surface area contributed by atoms with Crippen molar-refractivity contribution in [3.8, 4) is 28.2 Å². The van der Waals surface area contributed by atoms with E-state index >= 15 is 0 Å². The Balaban J connectivity index is 1.73. The topological polar surface area (TPSA) is 110 Å². The van der Waals surface area contributed by atoms with Gasteiger partial charge in [-0.05, 0) is 54.8 Å². The van der Waals surface area contributed by atoms with Gasteiger partial charge in [0.05, 0.1) is 37.7 Å². The monoisotopic (exact) mass is 564 g/mol. The molecule has 0 radical (unpaired) electrons. The number of esters is 1. The predicted octanol–water partition coefficient (Wildman–Crippen LogP) is 5.32. The van der Waals surface area contributed by atoms with E-state index in [9.17, 15) is 14.4 Å². The Morgan fingerprint density at radius 2 is 1.75 bits per heavy atom. The maximum Gasteiger partial charge on any atom is 0.337 e. The number of benzene rings is 2. The second-order valence-corrected chi connectivity index (χ2v) is 9.59. The van der Waals surface area contributed by atoms with Crippen molar-refractivity contribution in [2.45, 2.75) is 25.8 Å². The van der Waals surface area contributed by atoms with Crippen LogP contribution in [-0.4, -0.2) is 49.4 Å². The van der Waals surface area contributed by atoms with E-state index < -0.39 is 17.6 Å². The molecule has 0 aliphatic heterocycles. The number of aromatic nitrogens is 2. The SMILES string of the molecule is COCCC(C(=O)Cc1ccc(C(=O)OC)cc1)n1cc(OC)c(-c2cc(Cl)ccc2-c2cc(C)no2)cc1=O. The van der Waals surface area contributed by atoms with Crippen molar-refractivity contribution in [3.05, 3.63) is 93.0 Å². The molecular weight excluding hydrogens is 536 g/mol. The highest BCUT2D eigenvalue weighted by molar-refractivity contribution is 6.31. The van der Waals surface area contributed by atoms with Crippen LogP contribution in [-0.2, 0) is 20.7 Å². The zero-order chi connectivity index (χ0) is 28.8. The van der Waals surface area contributed by atoms with Crippen LogP contribution < -0.4 is 10.3 Å². The maximum absolute atomic E-state index is 13.5. The lowest BCUT2D eigenvalue weighted by molar-refractivity contribution is -0.122. The fraction of sp³-hybridized carbons (Fsp3) is 0.267. The highest BCUT2D eigenvalue weighted by atomic mass is 35.5. The summed E-state index contributed by atoms with van der Waals surface area (Å²) in [6, 6.07) is 14.2. The quantitative estimate of drug-likeness (QED) is 0.225. The third-order valence-electron chi connectivity index (χ3n) is 6.49. The number of rotatable bonds is 11. The fourth-order valence-electron chi connectivity index (χ4n) is 4.47. The average molecular weight is 565 g/mol. The Morgan fingerprint density at radius 3 is 2.38 bits per heavy atom. The summed E-state index contributed by atoms with van der Waals surface area (Å²) in [5.41, 5.74) is 3.18. The molecule has 40 heavy (non-hydrogen) atoms. The molecule has 1 atom stereocenters. The van der Waals surface area contributed by atoms with Crippen molar-refractivity contribution < 1.29 is 28.3 Å². The second-order valence-electron chi connectivity index (χ2n) is 9.15. The van der Waals surface area contributed by atoms with Gasteiger partial charge in [-0.2, -0.15) is 0 Å². The molecule has 4 aromatic rings. The molecule has 2 heterocycles.